The molecular weight excluding hydrogens is 276 g/mol. The number of benzene rings is 1. The van der Waals surface area contributed by atoms with Gasteiger partial charge >= 0.3 is 0 Å². The molecule has 1 atom stereocenters. The summed E-state index contributed by atoms with van der Waals surface area (Å²) in [6, 6.07) is 8.30. The number of methoxy groups -OCH3 is 1. The molecular formula is C18H24N2O2. The predicted molar refractivity (Wildman–Crippen MR) is 88.6 cm³/mol. The quantitative estimate of drug-likeness (QED) is 0.699. The third-order valence-electron chi connectivity index (χ3n) is 3.52. The van der Waals surface area contributed by atoms with Crippen LogP contribution in [0.4, 0.5) is 0 Å². The third-order valence-corrected chi connectivity index (χ3v) is 3.52. The van der Waals surface area contributed by atoms with E-state index < -0.39 is 0 Å². The lowest BCUT2D eigenvalue weighted by molar-refractivity contribution is 0.176. The Morgan fingerprint density at radius 1 is 1.27 bits per heavy atom. The van der Waals surface area contributed by atoms with Crippen LogP contribution >= 0.6 is 0 Å². The lowest BCUT2D eigenvalue weighted by Gasteiger charge is -2.05. The van der Waals surface area contributed by atoms with E-state index in [1.54, 1.807) is 13.3 Å². The Labute approximate surface area is 131 Å². The van der Waals surface area contributed by atoms with Crippen LogP contribution in [-0.4, -0.2) is 34.9 Å². The van der Waals surface area contributed by atoms with Crippen molar-refractivity contribution in [3.8, 4) is 0 Å². The Balaban J connectivity index is 1.79. The standard InChI is InChI=1S/C18H24N2O2/c1-22-13-3-2-4-17(21)10-9-15-5-7-16(8-6-15)14-18-19-11-12-20-18/h5-12,17,21H,2-4,13-14H2,1H3,(H,19,20)/b10-9+. The molecule has 0 amide bonds. The second kappa shape index (κ2) is 9.18. The first kappa shape index (κ1) is 16.5. The largest absolute Gasteiger partial charge is 0.389 e. The Morgan fingerprint density at radius 3 is 2.77 bits per heavy atom. The monoisotopic (exact) mass is 300 g/mol. The van der Waals surface area contributed by atoms with E-state index in [0.717, 1.165) is 43.7 Å². The summed E-state index contributed by atoms with van der Waals surface area (Å²) in [5.74, 6) is 0.967. The van der Waals surface area contributed by atoms with Gasteiger partial charge in [-0.25, -0.2) is 4.98 Å². The van der Waals surface area contributed by atoms with E-state index in [0.29, 0.717) is 0 Å². The fourth-order valence-corrected chi connectivity index (χ4v) is 2.25. The molecule has 118 valence electrons. The number of aromatic nitrogens is 2. The highest BCUT2D eigenvalue weighted by Gasteiger charge is 2.00. The summed E-state index contributed by atoms with van der Waals surface area (Å²) in [6.07, 6.45) is 10.6. The van der Waals surface area contributed by atoms with Crippen molar-refractivity contribution in [3.05, 3.63) is 59.7 Å². The molecule has 0 aliphatic carbocycles. The van der Waals surface area contributed by atoms with Gasteiger partial charge in [-0.15, -0.1) is 0 Å². The van der Waals surface area contributed by atoms with E-state index in [1.165, 1.54) is 5.56 Å². The number of aliphatic hydroxyl groups excluding tert-OH is 1. The topological polar surface area (TPSA) is 58.1 Å². The zero-order valence-electron chi connectivity index (χ0n) is 13.0. The van der Waals surface area contributed by atoms with Crippen molar-refractivity contribution in [2.24, 2.45) is 0 Å². The molecule has 1 unspecified atom stereocenters. The van der Waals surface area contributed by atoms with Gasteiger partial charge in [0.2, 0.25) is 0 Å². The number of aliphatic hydroxyl groups is 1. The molecule has 0 spiro atoms. The van der Waals surface area contributed by atoms with Gasteiger partial charge < -0.3 is 14.8 Å². The van der Waals surface area contributed by atoms with Gasteiger partial charge in [0.05, 0.1) is 6.10 Å². The van der Waals surface area contributed by atoms with E-state index in [-0.39, 0.29) is 6.10 Å². The molecule has 1 heterocycles. The fraction of sp³-hybridized carbons (Fsp3) is 0.389. The van der Waals surface area contributed by atoms with Crippen LogP contribution in [-0.2, 0) is 11.2 Å². The van der Waals surface area contributed by atoms with Crippen molar-refractivity contribution in [2.75, 3.05) is 13.7 Å². The first-order chi connectivity index (χ1) is 10.8. The highest BCUT2D eigenvalue weighted by molar-refractivity contribution is 5.50. The van der Waals surface area contributed by atoms with Gasteiger partial charge in [-0.1, -0.05) is 36.4 Å². The van der Waals surface area contributed by atoms with Crippen LogP contribution in [0.25, 0.3) is 6.08 Å². The molecule has 2 rings (SSSR count). The maximum absolute atomic E-state index is 9.90. The second-order valence-corrected chi connectivity index (χ2v) is 5.37. The predicted octanol–water partition coefficient (Wildman–Crippen LogP) is 3.19. The zero-order valence-corrected chi connectivity index (χ0v) is 13.0. The maximum atomic E-state index is 9.90. The summed E-state index contributed by atoms with van der Waals surface area (Å²) in [5, 5.41) is 9.90. The van der Waals surface area contributed by atoms with E-state index in [9.17, 15) is 5.11 Å². The first-order valence-corrected chi connectivity index (χ1v) is 7.70. The van der Waals surface area contributed by atoms with Gasteiger partial charge in [0.1, 0.15) is 5.82 Å². The fourth-order valence-electron chi connectivity index (χ4n) is 2.25. The third kappa shape index (κ3) is 5.84. The van der Waals surface area contributed by atoms with E-state index in [2.05, 4.69) is 34.2 Å². The van der Waals surface area contributed by atoms with Crippen molar-refractivity contribution in [1.82, 2.24) is 9.97 Å². The van der Waals surface area contributed by atoms with Gasteiger partial charge in [-0.2, -0.15) is 0 Å². The number of ether oxygens (including phenoxy) is 1. The molecule has 4 heteroatoms. The summed E-state index contributed by atoms with van der Waals surface area (Å²) in [4.78, 5) is 7.33. The number of nitrogens with one attached hydrogen (secondary N) is 1. The number of hydrogen-bond donors (Lipinski definition) is 2. The van der Waals surface area contributed by atoms with Crippen LogP contribution in [0.5, 0.6) is 0 Å². The smallest absolute Gasteiger partial charge is 0.110 e. The van der Waals surface area contributed by atoms with Crippen LogP contribution in [0.1, 0.15) is 36.2 Å². The van der Waals surface area contributed by atoms with Crippen LogP contribution in [0.3, 0.4) is 0 Å². The van der Waals surface area contributed by atoms with Crippen molar-refractivity contribution in [2.45, 2.75) is 31.8 Å². The van der Waals surface area contributed by atoms with Gasteiger partial charge in [0.15, 0.2) is 0 Å². The number of aromatic amines is 1. The van der Waals surface area contributed by atoms with Crippen LogP contribution in [0, 0.1) is 0 Å². The van der Waals surface area contributed by atoms with Gasteiger partial charge in [0.25, 0.3) is 0 Å². The summed E-state index contributed by atoms with van der Waals surface area (Å²) >= 11 is 0. The van der Waals surface area contributed by atoms with E-state index in [4.69, 9.17) is 4.74 Å². The van der Waals surface area contributed by atoms with Crippen LogP contribution in [0.2, 0.25) is 0 Å². The lowest BCUT2D eigenvalue weighted by Crippen LogP contribution is -2.02. The molecule has 0 bridgehead atoms. The SMILES string of the molecule is COCCCCC(O)/C=C/c1ccc(Cc2ncc[nH]2)cc1. The first-order valence-electron chi connectivity index (χ1n) is 7.70. The lowest BCUT2D eigenvalue weighted by atomic mass is 10.1. The Bertz CT molecular complexity index is 547. The highest BCUT2D eigenvalue weighted by Crippen LogP contribution is 2.11. The normalized spacial score (nSPS) is 12.8. The van der Waals surface area contributed by atoms with Gasteiger partial charge in [0, 0.05) is 32.5 Å². The molecule has 1 aromatic carbocycles. The molecule has 0 radical (unpaired) electrons. The van der Waals surface area contributed by atoms with Gasteiger partial charge in [-0.3, -0.25) is 0 Å². The minimum atomic E-state index is -0.389. The number of H-pyrrole nitrogens is 1. The van der Waals surface area contributed by atoms with E-state index >= 15 is 0 Å². The molecule has 2 aromatic rings. The molecule has 1 aromatic heterocycles. The maximum Gasteiger partial charge on any atom is 0.110 e. The summed E-state index contributed by atoms with van der Waals surface area (Å²) in [6.45, 7) is 0.758. The molecule has 0 aliphatic rings. The van der Waals surface area contributed by atoms with Crippen LogP contribution in [0.15, 0.2) is 42.7 Å². The number of imidazole rings is 1. The molecule has 4 nitrogen and oxygen atoms in total. The number of rotatable bonds is 9. The molecule has 2 N–H and O–H groups in total. The average molecular weight is 300 g/mol. The van der Waals surface area contributed by atoms with Crippen molar-refractivity contribution >= 4 is 6.08 Å². The summed E-state index contributed by atoms with van der Waals surface area (Å²) in [5.41, 5.74) is 2.31. The number of nitrogens with zero attached hydrogens (tertiary/aromatic N) is 1. The highest BCUT2D eigenvalue weighted by atomic mass is 16.5. The Morgan fingerprint density at radius 2 is 2.09 bits per heavy atom. The van der Waals surface area contributed by atoms with Crippen molar-refractivity contribution in [3.63, 3.8) is 0 Å². The summed E-state index contributed by atoms with van der Waals surface area (Å²) in [7, 11) is 1.70. The molecule has 0 saturated heterocycles. The summed E-state index contributed by atoms with van der Waals surface area (Å²) < 4.78 is 5.00. The van der Waals surface area contributed by atoms with Crippen LogP contribution < -0.4 is 0 Å². The van der Waals surface area contributed by atoms with E-state index in [1.807, 2.05) is 18.3 Å². The zero-order chi connectivity index (χ0) is 15.6. The van der Waals surface area contributed by atoms with Gasteiger partial charge in [-0.05, 0) is 30.4 Å². The van der Waals surface area contributed by atoms with Crippen molar-refractivity contribution < 1.29 is 9.84 Å². The molecule has 0 saturated carbocycles. The molecule has 0 fully saturated rings. The average Bonchev–Trinajstić information content (AvgIpc) is 3.04. The van der Waals surface area contributed by atoms with Crippen molar-refractivity contribution in [1.29, 1.82) is 0 Å². The minimum absolute atomic E-state index is 0.389. The Hall–Kier alpha value is -1.91. The Kier molecular flexibility index (Phi) is 6.87. The molecule has 22 heavy (non-hydrogen) atoms. The minimum Gasteiger partial charge on any atom is -0.389 e. The number of hydrogen-bond acceptors (Lipinski definition) is 3. The second-order valence-electron chi connectivity index (χ2n) is 5.37. The number of unbranched alkanes of at least 4 members (excludes halogenated alkanes) is 1. The molecule has 0 aliphatic heterocycles.